The Morgan fingerprint density at radius 3 is 1.03 bits per heavy atom. The maximum Gasteiger partial charge on any atom is 0.136 e. The van der Waals surface area contributed by atoms with E-state index in [1.54, 1.807) is 0 Å². The molecule has 24 radical (unpaired) electrons. The summed E-state index contributed by atoms with van der Waals surface area (Å²) >= 11 is 0. The minimum absolute atomic E-state index is 0.0154. The maximum atomic E-state index is 7.20. The average molecular weight is 781 g/mol. The number of anilines is 3. The van der Waals surface area contributed by atoms with Crippen molar-refractivity contribution in [2.24, 2.45) is 0 Å². The van der Waals surface area contributed by atoms with Crippen molar-refractivity contribution in [3.63, 3.8) is 0 Å². The Hall–Kier alpha value is -6.12. The van der Waals surface area contributed by atoms with E-state index in [4.69, 9.17) is 98.6 Å². The molecule has 0 saturated carbocycles. The van der Waals surface area contributed by atoms with Crippen LogP contribution < -0.4 is 70.5 Å². The van der Waals surface area contributed by atoms with Crippen molar-refractivity contribution in [2.75, 3.05) is 4.90 Å². The van der Waals surface area contributed by atoms with E-state index in [1.807, 2.05) is 127 Å². The normalized spacial score (nSPS) is 11.6. The Morgan fingerprint density at radius 1 is 0.281 bits per heavy atom. The first kappa shape index (κ1) is 41.9. The lowest BCUT2D eigenvalue weighted by Gasteiger charge is -2.40. The number of nitrogens with zero attached hydrogens (tertiary/aromatic N) is 1. The van der Waals surface area contributed by atoms with Gasteiger partial charge in [0.2, 0.25) is 0 Å². The van der Waals surface area contributed by atoms with Crippen molar-refractivity contribution in [1.82, 2.24) is 0 Å². The summed E-state index contributed by atoms with van der Waals surface area (Å²) in [7, 11) is 85.6. The van der Waals surface area contributed by atoms with Gasteiger partial charge in [-0.15, -0.1) is 0 Å². The lowest BCUT2D eigenvalue weighted by Crippen LogP contribution is -2.54. The highest BCUT2D eigenvalue weighted by molar-refractivity contribution is 6.68. The molecule has 0 bridgehead atoms. The predicted octanol–water partition coefficient (Wildman–Crippen LogP) is -0.111. The number of hydrogen-bond acceptors (Lipinski definition) is 2. The molecule has 0 amide bonds. The zero-order valence-electron chi connectivity index (χ0n) is 34.4. The van der Waals surface area contributed by atoms with Crippen molar-refractivity contribution < 1.29 is 4.42 Å². The van der Waals surface area contributed by atoms with Crippen LogP contribution in [0.5, 0.6) is 0 Å². The molecule has 14 heteroatoms. The zero-order chi connectivity index (χ0) is 44.9. The fourth-order valence-corrected chi connectivity index (χ4v) is 9.24. The molecule has 1 heterocycles. The van der Waals surface area contributed by atoms with Gasteiger partial charge in [0.15, 0.2) is 0 Å². The molecule has 0 spiro atoms. The van der Waals surface area contributed by atoms with E-state index in [9.17, 15) is 0 Å². The van der Waals surface area contributed by atoms with Crippen molar-refractivity contribution in [2.45, 2.75) is 0 Å². The van der Waals surface area contributed by atoms with Crippen LogP contribution in [0.1, 0.15) is 0 Å². The lowest BCUT2D eigenvalue weighted by molar-refractivity contribution is 0.669. The fourth-order valence-electron chi connectivity index (χ4n) is 9.24. The molecule has 0 unspecified atom stereocenters. The molecule has 0 atom stereocenters. The third-order valence-corrected chi connectivity index (χ3v) is 12.3. The largest absolute Gasteiger partial charge is 0.456 e. The van der Waals surface area contributed by atoms with E-state index in [0.29, 0.717) is 44.5 Å². The van der Waals surface area contributed by atoms with Gasteiger partial charge in [-0.2, -0.15) is 0 Å². The minimum atomic E-state index is -0.0327. The summed E-state index contributed by atoms with van der Waals surface area (Å²) in [6.07, 6.45) is 0. The van der Waals surface area contributed by atoms with Gasteiger partial charge < -0.3 is 9.32 Å². The molecule has 10 rings (SSSR count). The monoisotopic (exact) mass is 783 g/mol. The van der Waals surface area contributed by atoms with E-state index in [-0.39, 0.29) is 82.6 Å². The fraction of sp³-hybridized carbons (Fsp3) is 0. The van der Waals surface area contributed by atoms with Crippen LogP contribution in [0.15, 0.2) is 132 Å². The lowest BCUT2D eigenvalue weighted by atomic mass is 9.61. The van der Waals surface area contributed by atoms with Gasteiger partial charge in [0.1, 0.15) is 105 Å². The van der Waals surface area contributed by atoms with E-state index in [1.165, 1.54) is 4.90 Å². The third kappa shape index (κ3) is 6.19. The molecule has 0 fully saturated rings. The maximum absolute atomic E-state index is 7.20. The minimum Gasteiger partial charge on any atom is -0.456 e. The van der Waals surface area contributed by atoms with E-state index in [0.717, 1.165) is 32.3 Å². The van der Waals surface area contributed by atoms with Crippen LogP contribution in [-0.2, 0) is 0 Å². The highest BCUT2D eigenvalue weighted by Crippen LogP contribution is 2.37. The van der Waals surface area contributed by atoms with Gasteiger partial charge in [0, 0.05) is 27.8 Å². The molecule has 10 aromatic rings. The van der Waals surface area contributed by atoms with Crippen LogP contribution in [0.25, 0.3) is 76.9 Å². The van der Waals surface area contributed by atoms with Crippen molar-refractivity contribution in [1.29, 1.82) is 0 Å². The number of para-hydroxylation sites is 1. The number of furan rings is 1. The highest BCUT2D eigenvalue weighted by Gasteiger charge is 2.30. The molecule has 9 aromatic carbocycles. The smallest absolute Gasteiger partial charge is 0.136 e. The quantitative estimate of drug-likeness (QED) is 0.220. The zero-order valence-corrected chi connectivity index (χ0v) is 34.4. The first-order chi connectivity index (χ1) is 30.8. The Bertz CT molecular complexity index is 3380. The number of rotatable bonds is 6. The molecule has 268 valence electrons. The van der Waals surface area contributed by atoms with Gasteiger partial charge in [-0.1, -0.05) is 181 Å². The topological polar surface area (TPSA) is 16.4 Å². The Labute approximate surface area is 388 Å². The first-order valence-electron chi connectivity index (χ1n) is 20.3. The summed E-state index contributed by atoms with van der Waals surface area (Å²) in [6, 6.07) is 40.4. The summed E-state index contributed by atoms with van der Waals surface area (Å²) in [6.45, 7) is 0. The van der Waals surface area contributed by atoms with E-state index >= 15 is 0 Å². The second-order valence-corrected chi connectivity index (χ2v) is 15.8. The van der Waals surface area contributed by atoms with E-state index in [2.05, 4.69) is 0 Å². The molecule has 1 aromatic heterocycles. The van der Waals surface area contributed by atoms with Crippen LogP contribution in [0.4, 0.5) is 17.1 Å². The summed E-state index contributed by atoms with van der Waals surface area (Å²) in [5.74, 6) is 0. The highest BCUT2D eigenvalue weighted by atomic mass is 16.3. The first-order valence-corrected chi connectivity index (χ1v) is 20.3. The molecule has 0 aliphatic heterocycles. The van der Waals surface area contributed by atoms with Crippen LogP contribution in [0.3, 0.4) is 0 Å². The van der Waals surface area contributed by atoms with Gasteiger partial charge in [-0.05, 0) is 67.1 Å². The summed E-state index contributed by atoms with van der Waals surface area (Å²) in [4.78, 5) is 1.46. The van der Waals surface area contributed by atoms with Gasteiger partial charge in [0.05, 0.1) is 0 Å². The van der Waals surface area contributed by atoms with E-state index < -0.39 is 0 Å². The number of fused-ring (bicyclic) bond motifs is 5. The molecule has 64 heavy (non-hydrogen) atoms. The predicted molar refractivity (Wildman–Crippen MR) is 284 cm³/mol. The molecule has 0 saturated heterocycles. The number of benzene rings is 9. The summed E-state index contributed by atoms with van der Waals surface area (Å²) in [5, 5.41) is 5.24. The van der Waals surface area contributed by atoms with Crippen LogP contribution in [0.2, 0.25) is 0 Å². The van der Waals surface area contributed by atoms with Gasteiger partial charge >= 0.3 is 0 Å². The van der Waals surface area contributed by atoms with Crippen LogP contribution >= 0.6 is 0 Å². The van der Waals surface area contributed by atoms with Crippen molar-refractivity contribution in [3.05, 3.63) is 127 Å². The number of hydrogen-bond donors (Lipinski definition) is 0. The molecule has 0 N–H and O–H groups in total. The van der Waals surface area contributed by atoms with Crippen LogP contribution in [-0.4, -0.2) is 94.2 Å². The second kappa shape index (κ2) is 15.8. The second-order valence-electron chi connectivity index (χ2n) is 15.8. The molecule has 0 aliphatic rings. The summed E-state index contributed by atoms with van der Waals surface area (Å²) in [5.41, 5.74) is 5.01. The molecular weight excluding hydrogens is 760 g/mol. The summed E-state index contributed by atoms with van der Waals surface area (Å²) < 4.78 is 6.21. The molecular formula is C50H21B12NO. The molecule has 2 nitrogen and oxygen atoms in total. The van der Waals surface area contributed by atoms with Crippen LogP contribution in [0, 0.1) is 0 Å². The van der Waals surface area contributed by atoms with Gasteiger partial charge in [-0.25, -0.2) is 0 Å². The Kier molecular flexibility index (Phi) is 10.4. The van der Waals surface area contributed by atoms with Crippen molar-refractivity contribution >= 4 is 220 Å². The average Bonchev–Trinajstić information content (AvgIpc) is 3.69. The van der Waals surface area contributed by atoms with Crippen molar-refractivity contribution in [3.8, 4) is 33.4 Å². The van der Waals surface area contributed by atoms with Gasteiger partial charge in [-0.3, -0.25) is 0 Å². The molecule has 0 aliphatic carbocycles. The standard InChI is InChI=1S/C50H21B12NO/c51-36-33(26-17-7-12-22-10-1-3-14-24(22)26)37(52)43(58)48(42(36)57)63(49-44(59)38(53)34(39(54)45(49)60)27-18-8-13-23-11-2-4-15-25(23)27)50-46(61)40(55)35(41(56)47(50)62)29-19-9-21-31-32(29)28-16-5-6-20-30(28)64-31/h1-21H. The van der Waals surface area contributed by atoms with Gasteiger partial charge in [0.25, 0.3) is 0 Å². The Balaban J connectivity index is 1.30. The Morgan fingerprint density at radius 2 is 0.594 bits per heavy atom. The SMILES string of the molecule is [B]c1c([B])c(N(c2c([B])c([B])c(-c3cccc4ccccc34)c([B])c2[B])c2c([B])c([B])c(-c3cccc4oc5ccccc5c34)c([B])c2[B])c([B])c([B])c1-c1cccc2ccccc12. The third-order valence-electron chi connectivity index (χ3n) is 12.3.